The third-order valence-corrected chi connectivity index (χ3v) is 5.43. The van der Waals surface area contributed by atoms with Crippen LogP contribution in [0.3, 0.4) is 0 Å². The molecule has 0 spiro atoms. The number of sulfonamides is 1. The number of carbonyl (C=O) groups excluding carboxylic acids is 1. The van der Waals surface area contributed by atoms with Gasteiger partial charge in [0, 0.05) is 31.3 Å². The minimum atomic E-state index is -3.71. The van der Waals surface area contributed by atoms with Gasteiger partial charge in [-0.05, 0) is 38.5 Å². The van der Waals surface area contributed by atoms with Crippen LogP contribution in [0.25, 0.3) is 0 Å². The van der Waals surface area contributed by atoms with E-state index in [1.165, 1.54) is 19.2 Å². The lowest BCUT2D eigenvalue weighted by Crippen LogP contribution is -2.28. The van der Waals surface area contributed by atoms with E-state index in [4.69, 9.17) is 9.26 Å². The van der Waals surface area contributed by atoms with E-state index in [-0.39, 0.29) is 30.5 Å². The number of amides is 1. The van der Waals surface area contributed by atoms with Crippen LogP contribution in [0.1, 0.15) is 32.9 Å². The Morgan fingerprint density at radius 1 is 1.27 bits per heavy atom. The number of carbonyl (C=O) groups is 1. The summed E-state index contributed by atoms with van der Waals surface area (Å²) in [6, 6.07) is 4.44. The van der Waals surface area contributed by atoms with Gasteiger partial charge < -0.3 is 14.6 Å². The van der Waals surface area contributed by atoms with Crippen molar-refractivity contribution < 1.29 is 22.5 Å². The van der Waals surface area contributed by atoms with Crippen LogP contribution >= 0.6 is 0 Å². The summed E-state index contributed by atoms with van der Waals surface area (Å²) in [6.07, 6.45) is 0. The molecule has 1 aromatic carbocycles. The topological polar surface area (TPSA) is 111 Å². The van der Waals surface area contributed by atoms with Crippen molar-refractivity contribution >= 4 is 15.9 Å². The molecule has 0 bridgehead atoms. The first-order valence-electron chi connectivity index (χ1n) is 8.05. The number of nitrogens with one attached hydrogen (secondary N) is 2. The number of hydrogen-bond acceptors (Lipinski definition) is 6. The number of aryl methyl sites for hydroxylation is 3. The monoisotopic (exact) mass is 381 g/mol. The molecule has 1 aromatic heterocycles. The lowest BCUT2D eigenvalue weighted by molar-refractivity contribution is 0.0950. The third kappa shape index (κ3) is 4.69. The molecular formula is C17H23N3O5S. The number of aromatic nitrogens is 1. The number of hydrogen-bond donors (Lipinski definition) is 2. The van der Waals surface area contributed by atoms with Crippen LogP contribution in [0.5, 0.6) is 0 Å². The summed E-state index contributed by atoms with van der Waals surface area (Å²) in [6.45, 7) is 5.98. The highest BCUT2D eigenvalue weighted by atomic mass is 32.2. The van der Waals surface area contributed by atoms with E-state index in [0.29, 0.717) is 22.6 Å². The Hall–Kier alpha value is -2.23. The number of rotatable bonds is 8. The number of nitrogens with zero attached hydrogens (tertiary/aromatic N) is 1. The van der Waals surface area contributed by atoms with E-state index in [0.717, 1.165) is 5.56 Å². The van der Waals surface area contributed by atoms with Crippen molar-refractivity contribution in [3.05, 3.63) is 46.3 Å². The largest absolute Gasteiger partial charge is 0.383 e. The zero-order valence-corrected chi connectivity index (χ0v) is 16.1. The standard InChI is InChI=1S/C17H23N3O5S/c1-11-5-6-14(26(22,23)19-7-8-24-4)9-15(11)17(21)18-10-16-12(2)20-25-13(16)3/h5-6,9,19H,7-8,10H2,1-4H3,(H,18,21). The lowest BCUT2D eigenvalue weighted by Gasteiger charge is -2.11. The Bertz CT molecular complexity index is 870. The Morgan fingerprint density at radius 3 is 2.62 bits per heavy atom. The predicted molar refractivity (Wildman–Crippen MR) is 95.4 cm³/mol. The molecule has 8 nitrogen and oxygen atoms in total. The number of benzene rings is 1. The summed E-state index contributed by atoms with van der Waals surface area (Å²) >= 11 is 0. The van der Waals surface area contributed by atoms with Crippen molar-refractivity contribution in [1.29, 1.82) is 0 Å². The molecule has 2 aromatic rings. The van der Waals surface area contributed by atoms with E-state index < -0.39 is 10.0 Å². The van der Waals surface area contributed by atoms with Crippen molar-refractivity contribution in [3.63, 3.8) is 0 Å². The molecule has 2 rings (SSSR count). The molecule has 0 aliphatic carbocycles. The number of methoxy groups -OCH3 is 1. The third-order valence-electron chi connectivity index (χ3n) is 3.97. The van der Waals surface area contributed by atoms with Crippen LogP contribution in [-0.4, -0.2) is 39.7 Å². The van der Waals surface area contributed by atoms with Crippen LogP contribution in [-0.2, 0) is 21.3 Å². The van der Waals surface area contributed by atoms with Crippen molar-refractivity contribution in [2.75, 3.05) is 20.3 Å². The van der Waals surface area contributed by atoms with Gasteiger partial charge in [0.1, 0.15) is 5.76 Å². The minimum absolute atomic E-state index is 0.0293. The summed E-state index contributed by atoms with van der Waals surface area (Å²) in [7, 11) is -2.22. The normalized spacial score (nSPS) is 11.5. The van der Waals surface area contributed by atoms with Crippen molar-refractivity contribution in [2.45, 2.75) is 32.2 Å². The lowest BCUT2D eigenvalue weighted by atomic mass is 10.1. The van der Waals surface area contributed by atoms with Crippen molar-refractivity contribution in [1.82, 2.24) is 15.2 Å². The van der Waals surface area contributed by atoms with Gasteiger partial charge in [0.15, 0.2) is 0 Å². The van der Waals surface area contributed by atoms with Crippen molar-refractivity contribution in [3.8, 4) is 0 Å². The average molecular weight is 381 g/mol. The second-order valence-electron chi connectivity index (χ2n) is 5.85. The minimum Gasteiger partial charge on any atom is -0.383 e. The highest BCUT2D eigenvalue weighted by Crippen LogP contribution is 2.17. The van der Waals surface area contributed by atoms with Gasteiger partial charge >= 0.3 is 0 Å². The molecular weight excluding hydrogens is 358 g/mol. The van der Waals surface area contributed by atoms with E-state index in [1.807, 2.05) is 0 Å². The summed E-state index contributed by atoms with van der Waals surface area (Å²) in [5.74, 6) is 0.273. The fourth-order valence-electron chi connectivity index (χ4n) is 2.39. The molecule has 0 unspecified atom stereocenters. The molecule has 0 saturated heterocycles. The van der Waals surface area contributed by atoms with Crippen LogP contribution in [0, 0.1) is 20.8 Å². The maximum atomic E-state index is 12.5. The fraction of sp³-hybridized carbons (Fsp3) is 0.412. The Balaban J connectivity index is 2.17. The molecule has 0 fully saturated rings. The summed E-state index contributed by atoms with van der Waals surface area (Å²) in [4.78, 5) is 12.6. The molecule has 1 heterocycles. The zero-order chi connectivity index (χ0) is 19.3. The summed E-state index contributed by atoms with van der Waals surface area (Å²) < 4.78 is 36.9. The average Bonchev–Trinajstić information content (AvgIpc) is 2.91. The van der Waals surface area contributed by atoms with Crippen LogP contribution < -0.4 is 10.0 Å². The Morgan fingerprint density at radius 2 is 2.00 bits per heavy atom. The van der Waals surface area contributed by atoms with Gasteiger partial charge in [-0.25, -0.2) is 13.1 Å². The molecule has 142 valence electrons. The van der Waals surface area contributed by atoms with E-state index in [1.54, 1.807) is 26.8 Å². The quantitative estimate of drug-likeness (QED) is 0.670. The van der Waals surface area contributed by atoms with Crippen molar-refractivity contribution in [2.24, 2.45) is 0 Å². The molecule has 1 amide bonds. The van der Waals surface area contributed by atoms with Crippen LogP contribution in [0.2, 0.25) is 0 Å². The molecule has 0 aliphatic heterocycles. The zero-order valence-electron chi connectivity index (χ0n) is 15.3. The Kier molecular flexibility index (Phi) is 6.52. The maximum absolute atomic E-state index is 12.5. The predicted octanol–water partition coefficient (Wildman–Crippen LogP) is 1.45. The molecule has 0 saturated carbocycles. The van der Waals surface area contributed by atoms with E-state index in [9.17, 15) is 13.2 Å². The van der Waals surface area contributed by atoms with E-state index in [2.05, 4.69) is 15.2 Å². The Labute approximate surface area is 153 Å². The molecule has 9 heteroatoms. The summed E-state index contributed by atoms with van der Waals surface area (Å²) in [5.41, 5.74) is 2.49. The van der Waals surface area contributed by atoms with E-state index >= 15 is 0 Å². The summed E-state index contributed by atoms with van der Waals surface area (Å²) in [5, 5.41) is 6.62. The van der Waals surface area contributed by atoms with Gasteiger partial charge in [-0.3, -0.25) is 4.79 Å². The second kappa shape index (κ2) is 8.43. The first-order valence-corrected chi connectivity index (χ1v) is 9.53. The van der Waals surface area contributed by atoms with Gasteiger partial charge in [0.25, 0.3) is 5.91 Å². The van der Waals surface area contributed by atoms with Gasteiger partial charge in [-0.15, -0.1) is 0 Å². The smallest absolute Gasteiger partial charge is 0.251 e. The molecule has 0 atom stereocenters. The molecule has 0 radical (unpaired) electrons. The molecule has 26 heavy (non-hydrogen) atoms. The van der Waals surface area contributed by atoms with Gasteiger partial charge in [-0.1, -0.05) is 11.2 Å². The molecule has 0 aliphatic rings. The fourth-order valence-corrected chi connectivity index (χ4v) is 3.43. The SMILES string of the molecule is COCCNS(=O)(=O)c1ccc(C)c(C(=O)NCc2c(C)noc2C)c1. The van der Waals surface area contributed by atoms with Crippen LogP contribution in [0.15, 0.2) is 27.6 Å². The maximum Gasteiger partial charge on any atom is 0.251 e. The second-order valence-corrected chi connectivity index (χ2v) is 7.62. The first kappa shape index (κ1) is 20.1. The number of ether oxygens (including phenoxy) is 1. The van der Waals surface area contributed by atoms with Crippen LogP contribution in [0.4, 0.5) is 0 Å². The first-order chi connectivity index (χ1) is 12.3. The molecule has 2 N–H and O–H groups in total. The van der Waals surface area contributed by atoms with Gasteiger partial charge in [0.2, 0.25) is 10.0 Å². The highest BCUT2D eigenvalue weighted by Gasteiger charge is 2.18. The van der Waals surface area contributed by atoms with Gasteiger partial charge in [0.05, 0.1) is 17.2 Å². The highest BCUT2D eigenvalue weighted by molar-refractivity contribution is 7.89. The van der Waals surface area contributed by atoms with Gasteiger partial charge in [-0.2, -0.15) is 0 Å².